The Balaban J connectivity index is 1.89. The van der Waals surface area contributed by atoms with Crippen molar-refractivity contribution in [3.8, 4) is 0 Å². The van der Waals surface area contributed by atoms with E-state index >= 15 is 0 Å². The second-order valence-corrected chi connectivity index (χ2v) is 9.20. The number of carbonyl (C=O) groups excluding carboxylic acids is 1. The fourth-order valence-electron chi connectivity index (χ4n) is 3.35. The van der Waals surface area contributed by atoms with Crippen LogP contribution >= 0.6 is 23.2 Å². The lowest BCUT2D eigenvalue weighted by molar-refractivity contribution is -0.119. The standard InChI is InChI=1S/C19H20Cl2N2O3S/c1-3-22(27(25,26)18-11-15(20)8-9-16(18)21)12-19(24)23-13(2)10-14-6-4-5-7-17(14)23/h4-9,11,13H,3,10,12H2,1-2H3. The van der Waals surface area contributed by atoms with Gasteiger partial charge in [0.15, 0.2) is 0 Å². The second kappa shape index (κ2) is 7.80. The molecule has 1 unspecified atom stereocenters. The van der Waals surface area contributed by atoms with Gasteiger partial charge in [-0.3, -0.25) is 4.79 Å². The van der Waals surface area contributed by atoms with Gasteiger partial charge in [-0.15, -0.1) is 0 Å². The normalized spacial score (nSPS) is 16.6. The van der Waals surface area contributed by atoms with Gasteiger partial charge in [0.1, 0.15) is 4.90 Å². The van der Waals surface area contributed by atoms with Gasteiger partial charge in [0.25, 0.3) is 0 Å². The minimum Gasteiger partial charge on any atom is -0.308 e. The van der Waals surface area contributed by atoms with E-state index in [4.69, 9.17) is 23.2 Å². The van der Waals surface area contributed by atoms with Crippen molar-refractivity contribution in [3.63, 3.8) is 0 Å². The summed E-state index contributed by atoms with van der Waals surface area (Å²) >= 11 is 12.0. The van der Waals surface area contributed by atoms with Crippen molar-refractivity contribution in [3.05, 3.63) is 58.1 Å². The molecule has 1 amide bonds. The summed E-state index contributed by atoms with van der Waals surface area (Å²) in [5.74, 6) is -0.268. The Hall–Kier alpha value is -1.60. The third-order valence-corrected chi connectivity index (χ3v) is 7.29. The van der Waals surface area contributed by atoms with E-state index in [9.17, 15) is 13.2 Å². The quantitative estimate of drug-likeness (QED) is 0.726. The third-order valence-electron chi connectivity index (χ3n) is 4.65. The predicted octanol–water partition coefficient (Wildman–Crippen LogP) is 3.98. The molecular weight excluding hydrogens is 407 g/mol. The summed E-state index contributed by atoms with van der Waals surface area (Å²) in [6.45, 7) is 3.52. The summed E-state index contributed by atoms with van der Waals surface area (Å²) in [4.78, 5) is 14.6. The van der Waals surface area contributed by atoms with Gasteiger partial charge in [-0.2, -0.15) is 4.31 Å². The predicted molar refractivity (Wildman–Crippen MR) is 108 cm³/mol. The van der Waals surface area contributed by atoms with Crippen LogP contribution in [-0.2, 0) is 21.2 Å². The van der Waals surface area contributed by atoms with Gasteiger partial charge in [-0.05, 0) is 43.2 Å². The number of fused-ring (bicyclic) bond motifs is 1. The number of carbonyl (C=O) groups is 1. The fraction of sp³-hybridized carbons (Fsp3) is 0.316. The Morgan fingerprint density at radius 1 is 1.22 bits per heavy atom. The smallest absolute Gasteiger partial charge is 0.245 e. The van der Waals surface area contributed by atoms with Crippen molar-refractivity contribution in [2.24, 2.45) is 0 Å². The second-order valence-electron chi connectivity index (χ2n) is 6.45. The van der Waals surface area contributed by atoms with Gasteiger partial charge in [0, 0.05) is 23.3 Å². The van der Waals surface area contributed by atoms with E-state index in [1.807, 2.05) is 31.2 Å². The summed E-state index contributed by atoms with van der Waals surface area (Å²) in [6.07, 6.45) is 0.751. The molecule has 0 spiro atoms. The fourth-order valence-corrected chi connectivity index (χ4v) is 5.49. The lowest BCUT2D eigenvalue weighted by Gasteiger charge is -2.27. The van der Waals surface area contributed by atoms with Crippen molar-refractivity contribution in [2.75, 3.05) is 18.0 Å². The lowest BCUT2D eigenvalue weighted by atomic mass is 10.1. The van der Waals surface area contributed by atoms with Crippen LogP contribution in [0.5, 0.6) is 0 Å². The number of amides is 1. The van der Waals surface area contributed by atoms with Crippen molar-refractivity contribution in [1.29, 1.82) is 0 Å². The molecule has 1 aliphatic rings. The first-order valence-electron chi connectivity index (χ1n) is 8.61. The molecule has 0 aromatic heterocycles. The molecule has 0 saturated carbocycles. The Morgan fingerprint density at radius 2 is 1.93 bits per heavy atom. The van der Waals surface area contributed by atoms with Gasteiger partial charge in [0.05, 0.1) is 11.6 Å². The van der Waals surface area contributed by atoms with E-state index in [0.717, 1.165) is 22.0 Å². The van der Waals surface area contributed by atoms with Crippen LogP contribution in [0.2, 0.25) is 10.0 Å². The average Bonchev–Trinajstić information content (AvgIpc) is 2.97. The SMILES string of the molecule is CCN(CC(=O)N1c2ccccc2CC1C)S(=O)(=O)c1cc(Cl)ccc1Cl. The molecule has 0 N–H and O–H groups in total. The highest BCUT2D eigenvalue weighted by Crippen LogP contribution is 2.33. The minimum atomic E-state index is -3.95. The maximum atomic E-state index is 13.0. The molecular formula is C19H20Cl2N2O3S. The van der Waals surface area contributed by atoms with Crippen molar-refractivity contribution in [2.45, 2.75) is 31.2 Å². The van der Waals surface area contributed by atoms with E-state index in [1.54, 1.807) is 11.8 Å². The maximum absolute atomic E-state index is 13.0. The summed E-state index contributed by atoms with van der Waals surface area (Å²) in [5.41, 5.74) is 1.92. The zero-order chi connectivity index (χ0) is 19.8. The molecule has 0 saturated heterocycles. The van der Waals surface area contributed by atoms with Gasteiger partial charge in [-0.1, -0.05) is 48.3 Å². The first-order valence-corrected chi connectivity index (χ1v) is 10.8. The molecule has 1 heterocycles. The molecule has 1 atom stereocenters. The van der Waals surface area contributed by atoms with Crippen molar-refractivity contribution in [1.82, 2.24) is 4.31 Å². The van der Waals surface area contributed by atoms with Gasteiger partial charge < -0.3 is 4.90 Å². The maximum Gasteiger partial charge on any atom is 0.245 e. The number of hydrogen-bond acceptors (Lipinski definition) is 3. The molecule has 8 heteroatoms. The number of nitrogens with zero attached hydrogens (tertiary/aromatic N) is 2. The Labute approximate surface area is 169 Å². The molecule has 0 bridgehead atoms. The van der Waals surface area contributed by atoms with Crippen molar-refractivity contribution >= 4 is 44.8 Å². The van der Waals surface area contributed by atoms with Crippen LogP contribution in [-0.4, -0.2) is 37.8 Å². The number of hydrogen-bond donors (Lipinski definition) is 0. The highest BCUT2D eigenvalue weighted by molar-refractivity contribution is 7.89. The number of para-hydroxylation sites is 1. The van der Waals surface area contributed by atoms with Crippen LogP contribution in [0.3, 0.4) is 0 Å². The number of anilines is 1. The van der Waals surface area contributed by atoms with E-state index in [-0.39, 0.29) is 40.0 Å². The first kappa shape index (κ1) is 20.1. The lowest BCUT2D eigenvalue weighted by Crippen LogP contribution is -2.45. The molecule has 5 nitrogen and oxygen atoms in total. The molecule has 27 heavy (non-hydrogen) atoms. The Bertz CT molecular complexity index is 979. The highest BCUT2D eigenvalue weighted by Gasteiger charge is 2.34. The zero-order valence-corrected chi connectivity index (χ0v) is 17.4. The van der Waals surface area contributed by atoms with Gasteiger partial charge in [0.2, 0.25) is 15.9 Å². The average molecular weight is 427 g/mol. The molecule has 0 fully saturated rings. The van der Waals surface area contributed by atoms with E-state index in [1.165, 1.54) is 18.2 Å². The van der Waals surface area contributed by atoms with Crippen LogP contribution in [0.15, 0.2) is 47.4 Å². The van der Waals surface area contributed by atoms with Crippen LogP contribution < -0.4 is 4.90 Å². The van der Waals surface area contributed by atoms with E-state index in [2.05, 4.69) is 0 Å². The number of benzene rings is 2. The largest absolute Gasteiger partial charge is 0.308 e. The topological polar surface area (TPSA) is 57.7 Å². The van der Waals surface area contributed by atoms with E-state index < -0.39 is 10.0 Å². The molecule has 1 aliphatic heterocycles. The van der Waals surface area contributed by atoms with E-state index in [0.29, 0.717) is 0 Å². The molecule has 0 radical (unpaired) electrons. The monoisotopic (exact) mass is 426 g/mol. The summed E-state index contributed by atoms with van der Waals surface area (Å²) in [6, 6.07) is 11.9. The number of likely N-dealkylation sites (N-methyl/N-ethyl adjacent to an activating group) is 1. The first-order chi connectivity index (χ1) is 12.8. The zero-order valence-electron chi connectivity index (χ0n) is 15.0. The highest BCUT2D eigenvalue weighted by atomic mass is 35.5. The third kappa shape index (κ3) is 3.85. The number of rotatable bonds is 5. The molecule has 144 valence electrons. The van der Waals surface area contributed by atoms with Crippen LogP contribution in [0, 0.1) is 0 Å². The van der Waals surface area contributed by atoms with Crippen LogP contribution in [0.4, 0.5) is 5.69 Å². The van der Waals surface area contributed by atoms with Crippen LogP contribution in [0.25, 0.3) is 0 Å². The Morgan fingerprint density at radius 3 is 2.63 bits per heavy atom. The number of halogens is 2. The van der Waals surface area contributed by atoms with Crippen molar-refractivity contribution < 1.29 is 13.2 Å². The molecule has 0 aliphatic carbocycles. The summed E-state index contributed by atoms with van der Waals surface area (Å²) in [7, 11) is -3.95. The summed E-state index contributed by atoms with van der Waals surface area (Å²) < 4.78 is 27.2. The van der Waals surface area contributed by atoms with Gasteiger partial charge >= 0.3 is 0 Å². The number of sulfonamides is 1. The van der Waals surface area contributed by atoms with Crippen LogP contribution in [0.1, 0.15) is 19.4 Å². The van der Waals surface area contributed by atoms with Gasteiger partial charge in [-0.25, -0.2) is 8.42 Å². The summed E-state index contributed by atoms with van der Waals surface area (Å²) in [5, 5.41) is 0.340. The Kier molecular flexibility index (Phi) is 5.82. The molecule has 3 rings (SSSR count). The molecule has 2 aromatic rings. The minimum absolute atomic E-state index is 0.0222. The molecule has 2 aromatic carbocycles.